The van der Waals surface area contributed by atoms with Gasteiger partial charge in [0.25, 0.3) is 5.91 Å². The summed E-state index contributed by atoms with van der Waals surface area (Å²) in [6, 6.07) is 20.9. The van der Waals surface area contributed by atoms with Gasteiger partial charge in [0.15, 0.2) is 6.54 Å². The highest BCUT2D eigenvalue weighted by atomic mass is 32.1. The number of rotatable bonds is 10. The zero-order valence-corrected chi connectivity index (χ0v) is 17.9. The second-order valence-corrected chi connectivity index (χ2v) is 7.99. The molecule has 29 heavy (non-hydrogen) atoms. The molecule has 0 bridgehead atoms. The highest BCUT2D eigenvalue weighted by Gasteiger charge is 2.20. The SMILES string of the molecule is CCCc1ccc([C@@H]([NH2+]CC(=O)NCc2ccccc2OC)c2cccs2)cc1. The molecule has 0 radical (unpaired) electrons. The van der Waals surface area contributed by atoms with E-state index < -0.39 is 0 Å². The number of benzene rings is 2. The van der Waals surface area contributed by atoms with E-state index in [-0.39, 0.29) is 11.9 Å². The fourth-order valence-corrected chi connectivity index (χ4v) is 4.26. The van der Waals surface area contributed by atoms with Crippen molar-refractivity contribution in [1.82, 2.24) is 5.32 Å². The first-order valence-corrected chi connectivity index (χ1v) is 10.9. The van der Waals surface area contributed by atoms with Crippen molar-refractivity contribution in [2.45, 2.75) is 32.4 Å². The van der Waals surface area contributed by atoms with Gasteiger partial charge in [-0.1, -0.05) is 61.9 Å². The monoisotopic (exact) mass is 409 g/mol. The van der Waals surface area contributed by atoms with Crippen molar-refractivity contribution in [3.05, 3.63) is 87.6 Å². The number of amides is 1. The van der Waals surface area contributed by atoms with Crippen LogP contribution in [0.4, 0.5) is 0 Å². The minimum atomic E-state index is 0.0139. The van der Waals surface area contributed by atoms with Crippen LogP contribution in [-0.4, -0.2) is 19.6 Å². The number of carbonyl (C=O) groups is 1. The van der Waals surface area contributed by atoms with E-state index in [0.717, 1.165) is 24.2 Å². The van der Waals surface area contributed by atoms with E-state index >= 15 is 0 Å². The van der Waals surface area contributed by atoms with Crippen LogP contribution >= 0.6 is 11.3 Å². The molecular formula is C24H29N2O2S+. The number of ether oxygens (including phenoxy) is 1. The van der Waals surface area contributed by atoms with Crippen molar-refractivity contribution in [1.29, 1.82) is 0 Å². The topological polar surface area (TPSA) is 54.9 Å². The average Bonchev–Trinajstić information content (AvgIpc) is 3.28. The summed E-state index contributed by atoms with van der Waals surface area (Å²) in [4.78, 5) is 13.7. The van der Waals surface area contributed by atoms with Crippen LogP contribution in [0.2, 0.25) is 0 Å². The Hall–Kier alpha value is -2.63. The number of aryl methyl sites for hydroxylation is 1. The van der Waals surface area contributed by atoms with E-state index in [1.54, 1.807) is 18.4 Å². The van der Waals surface area contributed by atoms with Crippen molar-refractivity contribution in [3.63, 3.8) is 0 Å². The molecule has 0 aliphatic rings. The Morgan fingerprint density at radius 2 is 1.90 bits per heavy atom. The lowest BCUT2D eigenvalue weighted by molar-refractivity contribution is -0.676. The first kappa shape index (κ1) is 21.1. The highest BCUT2D eigenvalue weighted by Crippen LogP contribution is 2.23. The molecule has 1 heterocycles. The minimum absolute atomic E-state index is 0.0139. The van der Waals surface area contributed by atoms with Gasteiger partial charge in [0.1, 0.15) is 11.8 Å². The van der Waals surface area contributed by atoms with Gasteiger partial charge in [-0.2, -0.15) is 0 Å². The maximum Gasteiger partial charge on any atom is 0.275 e. The third-order valence-corrected chi connectivity index (χ3v) is 5.89. The second kappa shape index (κ2) is 10.8. The Bertz CT molecular complexity index is 892. The third-order valence-electron chi connectivity index (χ3n) is 4.93. The molecule has 0 fully saturated rings. The maximum absolute atomic E-state index is 12.5. The summed E-state index contributed by atoms with van der Waals surface area (Å²) < 4.78 is 5.35. The molecular weight excluding hydrogens is 380 g/mol. The van der Waals surface area contributed by atoms with Crippen LogP contribution < -0.4 is 15.4 Å². The van der Waals surface area contributed by atoms with Crippen LogP contribution in [0, 0.1) is 0 Å². The Labute approximate surface area is 176 Å². The molecule has 1 aromatic heterocycles. The Kier molecular flexibility index (Phi) is 7.85. The van der Waals surface area contributed by atoms with Crippen molar-refractivity contribution < 1.29 is 14.8 Å². The molecule has 0 saturated carbocycles. The van der Waals surface area contributed by atoms with Gasteiger partial charge in [-0.25, -0.2) is 0 Å². The second-order valence-electron chi connectivity index (χ2n) is 7.01. The van der Waals surface area contributed by atoms with Crippen molar-refractivity contribution in [2.75, 3.05) is 13.7 Å². The standard InChI is InChI=1S/C24H28N2O2S/c1-3-7-18-11-13-19(14-12-18)24(22-10-6-15-29-22)26-17-23(27)25-16-20-8-4-5-9-21(20)28-2/h4-6,8-15,24,26H,3,7,16-17H2,1-2H3,(H,25,27)/p+1/t24-/m1/s1. The van der Waals surface area contributed by atoms with E-state index in [1.165, 1.54) is 16.0 Å². The van der Waals surface area contributed by atoms with E-state index in [0.29, 0.717) is 13.1 Å². The predicted molar refractivity (Wildman–Crippen MR) is 118 cm³/mol. The fraction of sp³-hybridized carbons (Fsp3) is 0.292. The van der Waals surface area contributed by atoms with Gasteiger partial charge in [0, 0.05) is 17.7 Å². The fourth-order valence-electron chi connectivity index (χ4n) is 3.40. The average molecular weight is 410 g/mol. The van der Waals surface area contributed by atoms with Gasteiger partial charge in [-0.05, 0) is 29.5 Å². The molecule has 1 atom stereocenters. The number of para-hydroxylation sites is 1. The smallest absolute Gasteiger partial charge is 0.275 e. The Balaban J connectivity index is 1.62. The van der Waals surface area contributed by atoms with Gasteiger partial charge in [-0.15, -0.1) is 11.3 Å². The van der Waals surface area contributed by atoms with Crippen molar-refractivity contribution in [3.8, 4) is 5.75 Å². The van der Waals surface area contributed by atoms with E-state index in [2.05, 4.69) is 59.3 Å². The lowest BCUT2D eigenvalue weighted by Crippen LogP contribution is -2.87. The van der Waals surface area contributed by atoms with E-state index in [9.17, 15) is 4.79 Å². The number of hydrogen-bond donors (Lipinski definition) is 2. The van der Waals surface area contributed by atoms with Crippen molar-refractivity contribution in [2.24, 2.45) is 0 Å². The number of thiophene rings is 1. The first-order chi connectivity index (χ1) is 14.2. The maximum atomic E-state index is 12.5. The molecule has 0 aliphatic heterocycles. The summed E-state index contributed by atoms with van der Waals surface area (Å²) in [6.45, 7) is 3.03. The van der Waals surface area contributed by atoms with E-state index in [4.69, 9.17) is 4.74 Å². The largest absolute Gasteiger partial charge is 0.496 e. The molecule has 4 nitrogen and oxygen atoms in total. The Morgan fingerprint density at radius 3 is 2.59 bits per heavy atom. The number of nitrogens with two attached hydrogens (primary N) is 1. The molecule has 152 valence electrons. The van der Waals surface area contributed by atoms with Crippen LogP contribution in [0.3, 0.4) is 0 Å². The summed E-state index contributed by atoms with van der Waals surface area (Å²) in [6.07, 6.45) is 2.24. The van der Waals surface area contributed by atoms with Gasteiger partial charge >= 0.3 is 0 Å². The van der Waals surface area contributed by atoms with Crippen LogP contribution in [0.1, 0.15) is 41.0 Å². The third kappa shape index (κ3) is 5.92. The minimum Gasteiger partial charge on any atom is -0.496 e. The molecule has 3 aromatic rings. The quantitative estimate of drug-likeness (QED) is 0.537. The van der Waals surface area contributed by atoms with Gasteiger partial charge in [0.2, 0.25) is 0 Å². The summed E-state index contributed by atoms with van der Waals surface area (Å²) in [5.41, 5.74) is 3.56. The van der Waals surface area contributed by atoms with Crippen LogP contribution in [0.25, 0.3) is 0 Å². The highest BCUT2D eigenvalue weighted by molar-refractivity contribution is 7.10. The molecule has 3 rings (SSSR count). The molecule has 3 N–H and O–H groups in total. The van der Waals surface area contributed by atoms with Gasteiger partial charge in [-0.3, -0.25) is 4.79 Å². The Morgan fingerprint density at radius 1 is 1.10 bits per heavy atom. The number of methoxy groups -OCH3 is 1. The number of quaternary nitrogens is 1. The molecule has 0 aliphatic carbocycles. The molecule has 0 unspecified atom stereocenters. The normalized spacial score (nSPS) is 11.8. The number of hydrogen-bond acceptors (Lipinski definition) is 3. The first-order valence-electron chi connectivity index (χ1n) is 10.1. The molecule has 5 heteroatoms. The van der Waals surface area contributed by atoms with Gasteiger partial charge in [0.05, 0.1) is 12.0 Å². The van der Waals surface area contributed by atoms with Gasteiger partial charge < -0.3 is 15.4 Å². The van der Waals surface area contributed by atoms with Crippen LogP contribution in [0.15, 0.2) is 66.0 Å². The number of carbonyl (C=O) groups excluding carboxylic acids is 1. The van der Waals surface area contributed by atoms with Crippen LogP contribution in [-0.2, 0) is 17.8 Å². The number of nitrogens with one attached hydrogen (secondary N) is 1. The summed E-state index contributed by atoms with van der Waals surface area (Å²) in [5, 5.41) is 7.20. The summed E-state index contributed by atoms with van der Waals surface area (Å²) >= 11 is 1.73. The summed E-state index contributed by atoms with van der Waals surface area (Å²) in [5.74, 6) is 0.806. The molecule has 1 amide bonds. The molecule has 2 aromatic carbocycles. The van der Waals surface area contributed by atoms with Crippen molar-refractivity contribution >= 4 is 17.2 Å². The lowest BCUT2D eigenvalue weighted by atomic mass is 10.0. The zero-order chi connectivity index (χ0) is 20.5. The molecule has 0 spiro atoms. The lowest BCUT2D eigenvalue weighted by Gasteiger charge is -2.15. The molecule has 0 saturated heterocycles. The predicted octanol–water partition coefficient (Wildman–Crippen LogP) is 3.68. The van der Waals surface area contributed by atoms with E-state index in [1.807, 2.05) is 24.3 Å². The zero-order valence-electron chi connectivity index (χ0n) is 17.1. The summed E-state index contributed by atoms with van der Waals surface area (Å²) in [7, 11) is 1.64. The van der Waals surface area contributed by atoms with Crippen LogP contribution in [0.5, 0.6) is 5.75 Å².